The standard InChI is InChI=1S/C42H34N6/c1-2-10-26(11-3-1)40-43-41(47-36-15-7-4-12-32(36)33-13-5-8-16-37(33)47)45-42(44-40)48-38-17-9-6-14-34(38)35-21-20-30(25-39(35)48)46-29-19-18-27-22-31(46)24-28(27)23-29/h1-17,20-21,25,27-29,31H,18-19,22-24H2. The number of fused-ring (bicyclic) bond motifs is 8. The number of aromatic nitrogens is 5. The first-order valence-corrected chi connectivity index (χ1v) is 17.4. The molecule has 1 saturated heterocycles. The second kappa shape index (κ2) is 10.0. The number of hydrogen-bond acceptors (Lipinski definition) is 4. The lowest BCUT2D eigenvalue weighted by molar-refractivity contribution is 0.234. The van der Waals surface area contributed by atoms with Crippen molar-refractivity contribution in [2.45, 2.75) is 44.2 Å². The molecule has 1 aliphatic heterocycles. The second-order valence-electron chi connectivity index (χ2n) is 14.1. The molecule has 3 aliphatic rings. The molecule has 48 heavy (non-hydrogen) atoms. The van der Waals surface area contributed by atoms with Crippen molar-refractivity contribution in [3.8, 4) is 23.3 Å². The van der Waals surface area contributed by atoms with Crippen LogP contribution in [0.5, 0.6) is 0 Å². The van der Waals surface area contributed by atoms with Crippen molar-refractivity contribution in [3.63, 3.8) is 0 Å². The Kier molecular flexibility index (Phi) is 5.54. The highest BCUT2D eigenvalue weighted by molar-refractivity contribution is 6.10. The molecule has 4 atom stereocenters. The second-order valence-corrected chi connectivity index (χ2v) is 14.1. The van der Waals surface area contributed by atoms with Crippen molar-refractivity contribution >= 4 is 49.3 Å². The normalized spacial score (nSPS) is 21.7. The average Bonchev–Trinajstić information content (AvgIpc) is 3.75. The van der Waals surface area contributed by atoms with Crippen molar-refractivity contribution in [2.75, 3.05) is 4.90 Å². The molecule has 6 heteroatoms. The summed E-state index contributed by atoms with van der Waals surface area (Å²) in [6, 6.07) is 44.5. The molecule has 3 fully saturated rings. The fourth-order valence-electron chi connectivity index (χ4n) is 9.64. The van der Waals surface area contributed by atoms with E-state index >= 15 is 0 Å². The zero-order chi connectivity index (χ0) is 31.3. The van der Waals surface area contributed by atoms with Gasteiger partial charge in [0.1, 0.15) is 0 Å². The molecule has 0 N–H and O–H groups in total. The van der Waals surface area contributed by atoms with E-state index in [2.05, 4.69) is 117 Å². The molecule has 3 bridgehead atoms. The molecule has 232 valence electrons. The molecular formula is C42H34N6. The maximum atomic E-state index is 5.35. The summed E-state index contributed by atoms with van der Waals surface area (Å²) in [6.45, 7) is 0. The molecular weight excluding hydrogens is 589 g/mol. The molecule has 3 aromatic heterocycles. The lowest BCUT2D eigenvalue weighted by Gasteiger charge is -2.44. The van der Waals surface area contributed by atoms with Crippen molar-refractivity contribution in [2.24, 2.45) is 11.8 Å². The topological polar surface area (TPSA) is 51.8 Å². The third-order valence-electron chi connectivity index (χ3n) is 11.6. The molecule has 8 aromatic rings. The molecule has 2 aliphatic carbocycles. The van der Waals surface area contributed by atoms with Gasteiger partial charge in [-0.05, 0) is 74.3 Å². The molecule has 4 unspecified atom stereocenters. The highest BCUT2D eigenvalue weighted by atomic mass is 15.3. The van der Waals surface area contributed by atoms with E-state index in [0.29, 0.717) is 29.8 Å². The Morgan fingerprint density at radius 2 is 1.00 bits per heavy atom. The zero-order valence-corrected chi connectivity index (χ0v) is 26.6. The van der Waals surface area contributed by atoms with Crippen LogP contribution in [-0.2, 0) is 0 Å². The number of piperidine rings is 1. The Bertz CT molecular complexity index is 2480. The molecule has 4 heterocycles. The van der Waals surface area contributed by atoms with Crippen molar-refractivity contribution in [3.05, 3.63) is 121 Å². The predicted octanol–water partition coefficient (Wildman–Crippen LogP) is 9.50. The number of nitrogens with zero attached hydrogens (tertiary/aromatic N) is 6. The fraction of sp³-hybridized carbons (Fsp3) is 0.214. The summed E-state index contributed by atoms with van der Waals surface area (Å²) in [5.74, 6) is 3.76. The zero-order valence-electron chi connectivity index (χ0n) is 26.6. The Hall–Kier alpha value is -5.49. The van der Waals surface area contributed by atoms with Gasteiger partial charge in [0, 0.05) is 44.9 Å². The monoisotopic (exact) mass is 622 g/mol. The summed E-state index contributed by atoms with van der Waals surface area (Å²) in [7, 11) is 0. The van der Waals surface area contributed by atoms with E-state index in [4.69, 9.17) is 15.0 Å². The molecule has 0 amide bonds. The Labute approximate surface area is 278 Å². The van der Waals surface area contributed by atoms with Crippen molar-refractivity contribution in [1.29, 1.82) is 0 Å². The van der Waals surface area contributed by atoms with Crippen molar-refractivity contribution in [1.82, 2.24) is 24.1 Å². The lowest BCUT2D eigenvalue weighted by atomic mass is 9.78. The largest absolute Gasteiger partial charge is 0.365 e. The van der Waals surface area contributed by atoms with E-state index in [1.54, 1.807) is 0 Å². The minimum atomic E-state index is 0.614. The van der Waals surface area contributed by atoms with Crippen LogP contribution in [0.15, 0.2) is 121 Å². The van der Waals surface area contributed by atoms with Crippen LogP contribution in [0.1, 0.15) is 32.1 Å². The minimum absolute atomic E-state index is 0.614. The van der Waals surface area contributed by atoms with Gasteiger partial charge in [-0.25, -0.2) is 0 Å². The van der Waals surface area contributed by atoms with Gasteiger partial charge in [-0.3, -0.25) is 9.13 Å². The number of rotatable bonds is 4. The molecule has 5 aromatic carbocycles. The lowest BCUT2D eigenvalue weighted by Crippen LogP contribution is -2.46. The Morgan fingerprint density at radius 1 is 0.458 bits per heavy atom. The highest BCUT2D eigenvalue weighted by Crippen LogP contribution is 2.52. The van der Waals surface area contributed by atoms with E-state index in [1.165, 1.54) is 59.3 Å². The summed E-state index contributed by atoms with van der Waals surface area (Å²) in [6.07, 6.45) is 6.74. The first kappa shape index (κ1) is 26.6. The smallest absolute Gasteiger partial charge is 0.240 e. The number of para-hydroxylation sites is 3. The first-order valence-electron chi connectivity index (χ1n) is 17.4. The van der Waals surface area contributed by atoms with Gasteiger partial charge in [0.15, 0.2) is 5.82 Å². The molecule has 0 spiro atoms. The summed E-state index contributed by atoms with van der Waals surface area (Å²) in [4.78, 5) is 18.6. The SMILES string of the molecule is c1ccc(-c2nc(-n3c4ccccc4c4ccccc43)nc(-n3c4ccccc4c4ccc(N5C6CCC7CC5CC7C6)cc43)n2)cc1. The van der Waals surface area contributed by atoms with Crippen LogP contribution < -0.4 is 4.90 Å². The van der Waals surface area contributed by atoms with Crippen LogP contribution in [0, 0.1) is 11.8 Å². The summed E-state index contributed by atoms with van der Waals surface area (Å²) >= 11 is 0. The minimum Gasteiger partial charge on any atom is -0.365 e. The van der Waals surface area contributed by atoms with Gasteiger partial charge in [-0.2, -0.15) is 15.0 Å². The first-order chi connectivity index (χ1) is 23.8. The van der Waals surface area contributed by atoms with Crippen LogP contribution >= 0.6 is 0 Å². The third kappa shape index (κ3) is 3.77. The van der Waals surface area contributed by atoms with E-state index in [1.807, 2.05) is 18.2 Å². The Balaban J connectivity index is 1.19. The maximum absolute atomic E-state index is 5.35. The van der Waals surface area contributed by atoms with Gasteiger partial charge >= 0.3 is 0 Å². The van der Waals surface area contributed by atoms with E-state index < -0.39 is 0 Å². The highest BCUT2D eigenvalue weighted by Gasteiger charge is 2.48. The van der Waals surface area contributed by atoms with Crippen LogP contribution in [0.25, 0.3) is 66.9 Å². The van der Waals surface area contributed by atoms with Crippen LogP contribution in [0.2, 0.25) is 0 Å². The van der Waals surface area contributed by atoms with Crippen LogP contribution in [0.3, 0.4) is 0 Å². The number of anilines is 1. The van der Waals surface area contributed by atoms with Gasteiger partial charge in [0.2, 0.25) is 11.9 Å². The summed E-state index contributed by atoms with van der Waals surface area (Å²) in [5.41, 5.74) is 6.70. The van der Waals surface area contributed by atoms with Gasteiger partial charge < -0.3 is 4.90 Å². The maximum Gasteiger partial charge on any atom is 0.240 e. The summed E-state index contributed by atoms with van der Waals surface area (Å²) in [5, 5.41) is 4.80. The molecule has 11 rings (SSSR count). The van der Waals surface area contributed by atoms with Crippen LogP contribution in [0.4, 0.5) is 5.69 Å². The fourth-order valence-corrected chi connectivity index (χ4v) is 9.64. The quantitative estimate of drug-likeness (QED) is 0.196. The van der Waals surface area contributed by atoms with E-state index in [9.17, 15) is 0 Å². The van der Waals surface area contributed by atoms with Crippen molar-refractivity contribution < 1.29 is 0 Å². The van der Waals surface area contributed by atoms with Gasteiger partial charge in [-0.15, -0.1) is 0 Å². The van der Waals surface area contributed by atoms with E-state index in [-0.39, 0.29) is 0 Å². The summed E-state index contributed by atoms with van der Waals surface area (Å²) < 4.78 is 4.47. The van der Waals surface area contributed by atoms with E-state index in [0.717, 1.165) is 39.5 Å². The van der Waals surface area contributed by atoms with Gasteiger partial charge in [0.25, 0.3) is 0 Å². The molecule has 2 saturated carbocycles. The van der Waals surface area contributed by atoms with Gasteiger partial charge in [-0.1, -0.05) is 91.0 Å². The Morgan fingerprint density at radius 3 is 1.67 bits per heavy atom. The predicted molar refractivity (Wildman–Crippen MR) is 194 cm³/mol. The van der Waals surface area contributed by atoms with Gasteiger partial charge in [0.05, 0.1) is 22.1 Å². The average molecular weight is 623 g/mol. The number of benzene rings is 5. The molecule has 6 nitrogen and oxygen atoms in total. The third-order valence-corrected chi connectivity index (χ3v) is 11.6. The molecule has 0 radical (unpaired) electrons. The van der Waals surface area contributed by atoms with Crippen LogP contribution in [-0.4, -0.2) is 36.2 Å². The number of hydrogen-bond donors (Lipinski definition) is 0.